The molecule has 2 atom stereocenters. The summed E-state index contributed by atoms with van der Waals surface area (Å²) in [5.74, 6) is -1.22. The summed E-state index contributed by atoms with van der Waals surface area (Å²) in [6.45, 7) is -0.602. The second-order valence-corrected chi connectivity index (χ2v) is 10.3. The molecule has 4 rings (SSSR count). The Morgan fingerprint density at radius 3 is 2.72 bits per heavy atom. The molecule has 0 saturated carbocycles. The standard InChI is InChI=1S/C21H24FN3O12P2/c22-17-9-14(25-10-15(36-21(25)27)11-33-19-5-8-34-23-19)1-2-16(17)13-3-6-24(7-4-13)20(26)18(12-35-38(28)29)37-39(30,31)32/h1-3,5,8-9,15,18,28-29H,4,6-7,10-12H2,(H2,30,31,32)/t15-,18+/m1/s1. The van der Waals surface area contributed by atoms with Crippen LogP contribution in [0.1, 0.15) is 12.0 Å². The Labute approximate surface area is 221 Å². The van der Waals surface area contributed by atoms with Gasteiger partial charge in [-0.1, -0.05) is 6.08 Å². The summed E-state index contributed by atoms with van der Waals surface area (Å²) in [6, 6.07) is 5.75. The number of rotatable bonds is 11. The van der Waals surface area contributed by atoms with Crippen LogP contribution >= 0.6 is 16.4 Å². The largest absolute Gasteiger partial charge is 0.471 e. The SMILES string of the molecule is O=C([C@H](COP(O)O)OP(=O)(O)O)N1CC=C(c2ccc(N3C[C@H](COc4ccon4)OC3=O)cc2F)CC1. The number of halogens is 1. The number of hydrogen-bond acceptors (Lipinski definition) is 11. The summed E-state index contributed by atoms with van der Waals surface area (Å²) >= 11 is 0. The molecule has 0 unspecified atom stereocenters. The fraction of sp³-hybridized carbons (Fsp3) is 0.381. The number of carbonyl (C=O) groups is 2. The molecule has 2 aliphatic rings. The van der Waals surface area contributed by atoms with Crippen molar-refractivity contribution in [2.24, 2.45) is 0 Å². The molecular weight excluding hydrogens is 567 g/mol. The fourth-order valence-corrected chi connectivity index (χ4v) is 4.72. The van der Waals surface area contributed by atoms with E-state index in [-0.39, 0.29) is 49.8 Å². The second-order valence-electron chi connectivity index (χ2n) is 8.33. The number of phosphoric ester groups is 1. The Kier molecular flexibility index (Phi) is 9.31. The lowest BCUT2D eigenvalue weighted by molar-refractivity contribution is -0.140. The summed E-state index contributed by atoms with van der Waals surface area (Å²) in [6.07, 6.45) is 0.0565. The summed E-state index contributed by atoms with van der Waals surface area (Å²) in [5, 5.41) is 3.60. The van der Waals surface area contributed by atoms with Gasteiger partial charge in [0, 0.05) is 24.7 Å². The third-order valence-electron chi connectivity index (χ3n) is 5.72. The van der Waals surface area contributed by atoms with Crippen LogP contribution in [-0.2, 0) is 23.1 Å². The summed E-state index contributed by atoms with van der Waals surface area (Å²) in [4.78, 5) is 63.4. The molecule has 2 aliphatic heterocycles. The third kappa shape index (κ3) is 7.81. The number of nitrogens with zero attached hydrogens (tertiary/aromatic N) is 3. The number of aromatic nitrogens is 1. The number of phosphoric acid groups is 1. The van der Waals surface area contributed by atoms with Gasteiger partial charge in [-0.25, -0.2) is 13.8 Å². The maximum atomic E-state index is 15.1. The predicted molar refractivity (Wildman–Crippen MR) is 129 cm³/mol. The Hall–Kier alpha value is -2.94. The molecule has 15 nitrogen and oxygen atoms in total. The van der Waals surface area contributed by atoms with E-state index in [1.165, 1.54) is 34.3 Å². The van der Waals surface area contributed by atoms with Crippen LogP contribution in [0, 0.1) is 5.82 Å². The molecule has 0 bridgehead atoms. The average Bonchev–Trinajstić information content (AvgIpc) is 3.53. The Morgan fingerprint density at radius 1 is 1.31 bits per heavy atom. The number of carbonyl (C=O) groups excluding carboxylic acids is 2. The molecule has 2 amide bonds. The molecule has 212 valence electrons. The first-order valence-electron chi connectivity index (χ1n) is 11.3. The predicted octanol–water partition coefficient (Wildman–Crippen LogP) is 1.54. The van der Waals surface area contributed by atoms with Gasteiger partial charge in [0.25, 0.3) is 11.8 Å². The molecule has 0 radical (unpaired) electrons. The van der Waals surface area contributed by atoms with Gasteiger partial charge in [-0.3, -0.25) is 14.2 Å². The smallest absolute Gasteiger partial charge is 0.470 e. The highest BCUT2D eigenvalue weighted by atomic mass is 31.2. The van der Waals surface area contributed by atoms with Gasteiger partial charge in [-0.05, 0) is 35.3 Å². The van der Waals surface area contributed by atoms with Crippen LogP contribution in [0.5, 0.6) is 5.88 Å². The van der Waals surface area contributed by atoms with E-state index in [2.05, 4.69) is 18.7 Å². The Balaban J connectivity index is 1.38. The van der Waals surface area contributed by atoms with Crippen LogP contribution in [-0.4, -0.2) is 86.7 Å². The molecule has 0 aliphatic carbocycles. The topological polar surface area (TPSA) is 202 Å². The van der Waals surface area contributed by atoms with Crippen LogP contribution in [0.2, 0.25) is 0 Å². The van der Waals surface area contributed by atoms with E-state index in [4.69, 9.17) is 29.0 Å². The first-order valence-corrected chi connectivity index (χ1v) is 14.0. The molecule has 1 aromatic heterocycles. The van der Waals surface area contributed by atoms with Gasteiger partial charge < -0.3 is 43.0 Å². The number of amides is 2. The van der Waals surface area contributed by atoms with Crippen LogP contribution < -0.4 is 9.64 Å². The van der Waals surface area contributed by atoms with Crippen molar-refractivity contribution in [3.8, 4) is 5.88 Å². The number of anilines is 1. The van der Waals surface area contributed by atoms with Crippen molar-refractivity contribution >= 4 is 39.7 Å². The van der Waals surface area contributed by atoms with E-state index < -0.39 is 53.1 Å². The first-order chi connectivity index (χ1) is 18.5. The minimum Gasteiger partial charge on any atom is -0.471 e. The average molecular weight is 591 g/mol. The fourth-order valence-electron chi connectivity index (χ4n) is 3.97. The summed E-state index contributed by atoms with van der Waals surface area (Å²) in [7, 11) is -7.97. The lowest BCUT2D eigenvalue weighted by atomic mass is 9.98. The van der Waals surface area contributed by atoms with Gasteiger partial charge >= 0.3 is 22.5 Å². The minimum absolute atomic E-state index is 0.0327. The Morgan fingerprint density at radius 2 is 2.10 bits per heavy atom. The molecule has 1 aromatic carbocycles. The van der Waals surface area contributed by atoms with Crippen molar-refractivity contribution in [2.45, 2.75) is 18.6 Å². The number of ether oxygens (including phenoxy) is 2. The quantitative estimate of drug-likeness (QED) is 0.274. The minimum atomic E-state index is -5.09. The van der Waals surface area contributed by atoms with E-state index in [1.807, 2.05) is 0 Å². The van der Waals surface area contributed by atoms with E-state index in [1.54, 1.807) is 12.1 Å². The highest BCUT2D eigenvalue weighted by Crippen LogP contribution is 2.39. The third-order valence-corrected chi connectivity index (χ3v) is 6.63. The summed E-state index contributed by atoms with van der Waals surface area (Å²) in [5.41, 5.74) is 1.11. The molecule has 0 spiro atoms. The first kappa shape index (κ1) is 29.1. The summed E-state index contributed by atoms with van der Waals surface area (Å²) < 4.78 is 50.6. The van der Waals surface area contributed by atoms with Gasteiger partial charge in [0.15, 0.2) is 12.2 Å². The van der Waals surface area contributed by atoms with E-state index in [0.717, 1.165) is 0 Å². The monoisotopic (exact) mass is 591 g/mol. The van der Waals surface area contributed by atoms with Crippen LogP contribution in [0.25, 0.3) is 5.57 Å². The van der Waals surface area contributed by atoms with Gasteiger partial charge in [-0.15, -0.1) is 0 Å². The molecule has 4 N–H and O–H groups in total. The Bertz CT molecular complexity index is 1250. The van der Waals surface area contributed by atoms with Crippen molar-refractivity contribution in [3.05, 3.63) is 48.0 Å². The molecule has 18 heteroatoms. The highest BCUT2D eigenvalue weighted by molar-refractivity contribution is 7.46. The zero-order valence-corrected chi connectivity index (χ0v) is 21.8. The van der Waals surface area contributed by atoms with Crippen molar-refractivity contribution in [1.82, 2.24) is 10.1 Å². The maximum Gasteiger partial charge on any atom is 0.470 e. The van der Waals surface area contributed by atoms with Gasteiger partial charge in [0.2, 0.25) is 0 Å². The van der Waals surface area contributed by atoms with E-state index in [9.17, 15) is 14.2 Å². The van der Waals surface area contributed by atoms with Crippen molar-refractivity contribution in [2.75, 3.05) is 37.7 Å². The van der Waals surface area contributed by atoms with E-state index >= 15 is 4.39 Å². The maximum absolute atomic E-state index is 15.1. The van der Waals surface area contributed by atoms with Gasteiger partial charge in [0.05, 0.1) is 18.8 Å². The van der Waals surface area contributed by atoms with Crippen molar-refractivity contribution in [3.63, 3.8) is 0 Å². The van der Waals surface area contributed by atoms with Crippen LogP contribution in [0.3, 0.4) is 0 Å². The molecular formula is C21H24FN3O12P2. The number of hydrogen-bond donors (Lipinski definition) is 4. The highest BCUT2D eigenvalue weighted by Gasteiger charge is 2.35. The van der Waals surface area contributed by atoms with Crippen LogP contribution in [0.4, 0.5) is 14.9 Å². The molecule has 1 saturated heterocycles. The molecule has 3 heterocycles. The second kappa shape index (κ2) is 12.5. The van der Waals surface area contributed by atoms with Gasteiger partial charge in [-0.2, -0.15) is 0 Å². The molecule has 39 heavy (non-hydrogen) atoms. The van der Waals surface area contributed by atoms with E-state index in [0.29, 0.717) is 5.57 Å². The molecule has 1 fully saturated rings. The lowest BCUT2D eigenvalue weighted by Crippen LogP contribution is -2.44. The van der Waals surface area contributed by atoms with Crippen molar-refractivity contribution in [1.29, 1.82) is 0 Å². The normalized spacial score (nSPS) is 18.8. The zero-order chi connectivity index (χ0) is 28.2. The lowest BCUT2D eigenvalue weighted by Gasteiger charge is -2.30. The van der Waals surface area contributed by atoms with Crippen LogP contribution in [0.15, 0.2) is 41.1 Å². The van der Waals surface area contributed by atoms with Crippen molar-refractivity contribution < 1.29 is 61.2 Å². The number of benzene rings is 1. The zero-order valence-electron chi connectivity index (χ0n) is 20.0. The molecule has 2 aromatic rings. The van der Waals surface area contributed by atoms with Gasteiger partial charge in [0.1, 0.15) is 18.7 Å². The number of cyclic esters (lactones) is 1.